The number of nitrogens with zero attached hydrogens (tertiary/aromatic N) is 1. The summed E-state index contributed by atoms with van der Waals surface area (Å²) >= 11 is 0. The lowest BCUT2D eigenvalue weighted by Gasteiger charge is -2.15. The highest BCUT2D eigenvalue weighted by Gasteiger charge is 2.53. The summed E-state index contributed by atoms with van der Waals surface area (Å²) in [6.45, 7) is 4.37. The van der Waals surface area contributed by atoms with Gasteiger partial charge in [0.15, 0.2) is 0 Å². The average molecular weight is 468 g/mol. The number of amidine groups is 1. The van der Waals surface area contributed by atoms with E-state index in [0.717, 1.165) is 11.1 Å². The lowest BCUT2D eigenvalue weighted by Crippen LogP contribution is -2.37. The van der Waals surface area contributed by atoms with E-state index in [-0.39, 0.29) is 36.4 Å². The molecule has 0 saturated carbocycles. The predicted molar refractivity (Wildman–Crippen MR) is 132 cm³/mol. The van der Waals surface area contributed by atoms with E-state index in [4.69, 9.17) is 11.1 Å². The van der Waals surface area contributed by atoms with Crippen molar-refractivity contribution in [3.8, 4) is 0 Å². The van der Waals surface area contributed by atoms with Crippen molar-refractivity contribution in [3.63, 3.8) is 0 Å². The molecule has 0 bridgehead atoms. The molecule has 1 aliphatic rings. The fraction of sp³-hybridized carbons (Fsp3) is 0.250. The fourth-order valence-electron chi connectivity index (χ4n) is 3.50. The summed E-state index contributed by atoms with van der Waals surface area (Å²) in [5.41, 5.74) is 7.07. The Bertz CT molecular complexity index is 1150. The zero-order valence-corrected chi connectivity index (χ0v) is 19.2. The minimum atomic E-state index is -2.67. The summed E-state index contributed by atoms with van der Waals surface area (Å²) in [7, 11) is -2.67. The van der Waals surface area contributed by atoms with E-state index < -0.39 is 15.2 Å². The van der Waals surface area contributed by atoms with Crippen molar-refractivity contribution in [1.82, 2.24) is 14.9 Å². The molecule has 0 radical (unpaired) electrons. The van der Waals surface area contributed by atoms with Gasteiger partial charge in [0.05, 0.1) is 24.3 Å². The average Bonchev–Trinajstić information content (AvgIpc) is 3.51. The molecule has 3 rings (SSSR count). The maximum Gasteiger partial charge on any atom is 0.238 e. The Labute approximate surface area is 194 Å². The van der Waals surface area contributed by atoms with Gasteiger partial charge in [0, 0.05) is 28.4 Å². The zero-order valence-electron chi connectivity index (χ0n) is 18.4. The zero-order chi connectivity index (χ0) is 24.1. The first-order valence-electron chi connectivity index (χ1n) is 10.4. The second-order valence-corrected chi connectivity index (χ2v) is 10.3. The number of nitrogens with two attached hydrogens (primary N) is 1. The van der Waals surface area contributed by atoms with Gasteiger partial charge in [-0.2, -0.15) is 0 Å². The Morgan fingerprint density at radius 1 is 1.15 bits per heavy atom. The molecule has 1 aliphatic heterocycles. The van der Waals surface area contributed by atoms with Gasteiger partial charge in [-0.3, -0.25) is 19.2 Å². The molecule has 9 heteroatoms. The number of rotatable bonds is 11. The summed E-state index contributed by atoms with van der Waals surface area (Å²) in [6, 6.07) is 16.3. The third kappa shape index (κ3) is 6.53. The summed E-state index contributed by atoms with van der Waals surface area (Å²) in [4.78, 5) is 26.6. The van der Waals surface area contributed by atoms with Gasteiger partial charge in [-0.25, -0.2) is 4.72 Å². The number of hydrogen-bond acceptors (Lipinski definition) is 4. The topological polar surface area (TPSA) is 128 Å². The van der Waals surface area contributed by atoms with Crippen LogP contribution < -0.4 is 15.8 Å². The van der Waals surface area contributed by atoms with Crippen LogP contribution in [0.2, 0.25) is 0 Å². The van der Waals surface area contributed by atoms with Crippen molar-refractivity contribution >= 4 is 33.2 Å². The lowest BCUT2D eigenvalue weighted by molar-refractivity contribution is -0.126. The van der Waals surface area contributed by atoms with E-state index in [0.29, 0.717) is 18.7 Å². The van der Waals surface area contributed by atoms with Crippen molar-refractivity contribution in [2.45, 2.75) is 24.3 Å². The third-order valence-corrected chi connectivity index (χ3v) is 6.97. The van der Waals surface area contributed by atoms with E-state index in [1.54, 1.807) is 35.2 Å². The van der Waals surface area contributed by atoms with Crippen LogP contribution >= 0.6 is 0 Å². The molecule has 2 atom stereocenters. The van der Waals surface area contributed by atoms with Crippen LogP contribution in [0, 0.1) is 5.41 Å². The van der Waals surface area contributed by atoms with Gasteiger partial charge < -0.3 is 16.0 Å². The third-order valence-electron chi connectivity index (χ3n) is 5.50. The van der Waals surface area contributed by atoms with E-state index in [1.165, 1.54) is 0 Å². The number of carbonyl (C=O) groups excluding carboxylic acids is 2. The van der Waals surface area contributed by atoms with Gasteiger partial charge in [-0.15, -0.1) is 6.58 Å². The fourth-order valence-corrected chi connectivity index (χ4v) is 4.72. The normalized spacial score (nSPS) is 18.7. The molecule has 174 valence electrons. The van der Waals surface area contributed by atoms with E-state index in [9.17, 15) is 13.8 Å². The molecule has 2 aromatic carbocycles. The van der Waals surface area contributed by atoms with Crippen molar-refractivity contribution < 1.29 is 13.8 Å². The van der Waals surface area contributed by atoms with E-state index >= 15 is 0 Å². The molecule has 8 nitrogen and oxygen atoms in total. The van der Waals surface area contributed by atoms with Crippen LogP contribution in [0.4, 0.5) is 0 Å². The SMILES string of the molecule is C=CC1(CC(=O)NCc2ccc(C(=N)N)cc2)CN1C(=O)CNS(=C)(=O)Cc1ccccc1. The molecule has 1 heterocycles. The Balaban J connectivity index is 1.48. The molecule has 33 heavy (non-hydrogen) atoms. The van der Waals surface area contributed by atoms with Crippen molar-refractivity contribution in [2.24, 2.45) is 5.73 Å². The largest absolute Gasteiger partial charge is 0.384 e. The van der Waals surface area contributed by atoms with Crippen molar-refractivity contribution in [3.05, 3.63) is 83.9 Å². The minimum absolute atomic E-state index is 0.0127. The molecule has 5 N–H and O–H groups in total. The maximum atomic E-state index is 12.7. The smallest absolute Gasteiger partial charge is 0.238 e. The Morgan fingerprint density at radius 3 is 2.42 bits per heavy atom. The van der Waals surface area contributed by atoms with Gasteiger partial charge >= 0.3 is 0 Å². The van der Waals surface area contributed by atoms with Crippen LogP contribution in [0.3, 0.4) is 0 Å². The lowest BCUT2D eigenvalue weighted by atomic mass is 10.1. The maximum absolute atomic E-state index is 12.7. The Hall–Kier alpha value is -3.43. The van der Waals surface area contributed by atoms with Crippen LogP contribution in [0.25, 0.3) is 0 Å². The molecular formula is C24H29N5O3S. The van der Waals surface area contributed by atoms with E-state index in [1.807, 2.05) is 30.3 Å². The molecule has 1 saturated heterocycles. The highest BCUT2D eigenvalue weighted by Crippen LogP contribution is 2.36. The van der Waals surface area contributed by atoms with Crippen LogP contribution in [-0.2, 0) is 31.6 Å². The number of carbonyl (C=O) groups is 2. The van der Waals surface area contributed by atoms with Crippen LogP contribution in [0.1, 0.15) is 23.1 Å². The number of nitrogen functional groups attached to an aromatic ring is 1. The highest BCUT2D eigenvalue weighted by atomic mass is 32.2. The molecule has 2 amide bonds. The molecule has 2 unspecified atom stereocenters. The van der Waals surface area contributed by atoms with E-state index in [2.05, 4.69) is 22.5 Å². The first-order chi connectivity index (χ1) is 15.6. The first kappa shape index (κ1) is 24.2. The number of nitrogens with one attached hydrogen (secondary N) is 3. The second-order valence-electron chi connectivity index (χ2n) is 8.11. The van der Waals surface area contributed by atoms with Gasteiger partial charge in [-0.05, 0) is 17.0 Å². The number of amides is 2. The molecule has 0 aromatic heterocycles. The molecular weight excluding hydrogens is 438 g/mol. The Morgan fingerprint density at radius 2 is 1.82 bits per heavy atom. The van der Waals surface area contributed by atoms with Crippen molar-refractivity contribution in [1.29, 1.82) is 5.41 Å². The van der Waals surface area contributed by atoms with Gasteiger partial charge in [0.25, 0.3) is 0 Å². The quantitative estimate of drug-likeness (QED) is 0.130. The predicted octanol–water partition coefficient (Wildman–Crippen LogP) is 1.17. The van der Waals surface area contributed by atoms with Gasteiger partial charge in [0.2, 0.25) is 11.8 Å². The Kier molecular flexibility index (Phi) is 7.35. The standard InChI is InChI=1S/C24H29N5O3S/c1-3-24(13-21(30)27-14-18-9-11-20(12-10-18)23(25)26)17-29(24)22(31)15-28-33(2,32)16-19-7-5-4-6-8-19/h3-12H,1-2,13-17H2,(H3,25,26)(H,27,30)(H,28,32). The molecule has 1 fully saturated rings. The van der Waals surface area contributed by atoms with Gasteiger partial charge in [-0.1, -0.05) is 60.7 Å². The summed E-state index contributed by atoms with van der Waals surface area (Å²) < 4.78 is 15.5. The second kappa shape index (κ2) is 10.0. The summed E-state index contributed by atoms with van der Waals surface area (Å²) in [5.74, 6) is 3.48. The number of hydrogen-bond donors (Lipinski definition) is 4. The number of benzene rings is 2. The van der Waals surface area contributed by atoms with Gasteiger partial charge in [0.1, 0.15) is 5.84 Å². The minimum Gasteiger partial charge on any atom is -0.384 e. The van der Waals surface area contributed by atoms with Crippen LogP contribution in [0.15, 0.2) is 67.3 Å². The van der Waals surface area contributed by atoms with Crippen molar-refractivity contribution in [2.75, 3.05) is 13.1 Å². The summed E-state index contributed by atoms with van der Waals surface area (Å²) in [6.07, 6.45) is 1.70. The summed E-state index contributed by atoms with van der Waals surface area (Å²) in [5, 5.41) is 10.3. The molecule has 0 aliphatic carbocycles. The van der Waals surface area contributed by atoms with Crippen LogP contribution in [0.5, 0.6) is 0 Å². The highest BCUT2D eigenvalue weighted by molar-refractivity contribution is 7.97. The first-order valence-corrected chi connectivity index (χ1v) is 12.3. The molecule has 2 aromatic rings. The van der Waals surface area contributed by atoms with Crippen LogP contribution in [-0.4, -0.2) is 51.3 Å². The monoisotopic (exact) mass is 467 g/mol. The molecule has 0 spiro atoms.